The molecular weight excluding hydrogens is 374 g/mol. The molecule has 1 aliphatic rings. The van der Waals surface area contributed by atoms with Crippen molar-refractivity contribution in [1.29, 1.82) is 0 Å². The number of ether oxygens (including phenoxy) is 3. The molecule has 0 bridgehead atoms. The molecule has 0 aromatic heterocycles. The van der Waals surface area contributed by atoms with E-state index in [-0.39, 0.29) is 24.2 Å². The lowest BCUT2D eigenvalue weighted by atomic mass is 10.1. The molecule has 1 fully saturated rings. The Bertz CT molecular complexity index is 812. The van der Waals surface area contributed by atoms with Gasteiger partial charge in [-0.05, 0) is 54.8 Å². The maximum absolute atomic E-state index is 12.6. The molecule has 0 saturated carbocycles. The second-order valence-corrected chi connectivity index (χ2v) is 6.89. The van der Waals surface area contributed by atoms with Gasteiger partial charge in [-0.25, -0.2) is 4.79 Å². The number of rotatable bonds is 8. The van der Waals surface area contributed by atoms with E-state index < -0.39 is 12.0 Å². The normalized spacial score (nSPS) is 16.8. The van der Waals surface area contributed by atoms with E-state index in [9.17, 15) is 14.7 Å². The smallest absolute Gasteiger partial charge is 0.328 e. The Morgan fingerprint density at radius 3 is 2.52 bits per heavy atom. The summed E-state index contributed by atoms with van der Waals surface area (Å²) in [5.74, 6) is -0.132. The number of benzene rings is 2. The Hall–Kier alpha value is -3.06. The largest absolute Gasteiger partial charge is 0.508 e. The monoisotopic (exact) mass is 399 g/mol. The van der Waals surface area contributed by atoms with Crippen molar-refractivity contribution in [1.82, 2.24) is 5.32 Å². The number of carbonyl (C=O) groups is 2. The van der Waals surface area contributed by atoms with E-state index in [2.05, 4.69) is 5.32 Å². The van der Waals surface area contributed by atoms with Gasteiger partial charge in [0, 0.05) is 18.6 Å². The predicted molar refractivity (Wildman–Crippen MR) is 106 cm³/mol. The van der Waals surface area contributed by atoms with E-state index in [4.69, 9.17) is 14.2 Å². The summed E-state index contributed by atoms with van der Waals surface area (Å²) in [5, 5.41) is 12.1. The van der Waals surface area contributed by atoms with Crippen LogP contribution in [-0.4, -0.2) is 49.5 Å². The minimum Gasteiger partial charge on any atom is -0.508 e. The Morgan fingerprint density at radius 2 is 1.90 bits per heavy atom. The van der Waals surface area contributed by atoms with Crippen LogP contribution >= 0.6 is 0 Å². The molecule has 1 amide bonds. The number of carbonyl (C=O) groups excluding carboxylic acids is 2. The molecule has 3 rings (SSSR count). The number of phenolic OH excluding ortho intramolecular Hbond substituents is 1. The van der Waals surface area contributed by atoms with Crippen LogP contribution in [0.2, 0.25) is 0 Å². The molecule has 0 aliphatic carbocycles. The van der Waals surface area contributed by atoms with E-state index in [0.717, 1.165) is 25.0 Å². The number of methoxy groups -OCH3 is 1. The highest BCUT2D eigenvalue weighted by Crippen LogP contribution is 2.17. The molecule has 0 spiro atoms. The average molecular weight is 399 g/mol. The zero-order chi connectivity index (χ0) is 20.6. The molecular formula is C22H25NO6. The fourth-order valence-corrected chi connectivity index (χ4v) is 3.11. The molecule has 29 heavy (non-hydrogen) atoms. The third kappa shape index (κ3) is 5.96. The van der Waals surface area contributed by atoms with E-state index >= 15 is 0 Å². The van der Waals surface area contributed by atoms with Gasteiger partial charge in [0.05, 0.1) is 13.2 Å². The standard InChI is InChI=1S/C22H25NO6/c1-27-22(26)20(13-15-4-8-17(24)9-5-15)23-21(25)16-6-10-18(11-7-16)29-14-19-3-2-12-28-19/h4-11,19-20,24H,2-3,12-14H2,1H3,(H,23,25)/t19-,20-/m0/s1. The number of esters is 1. The quantitative estimate of drug-likeness (QED) is 0.663. The van der Waals surface area contributed by atoms with Gasteiger partial charge in [-0.3, -0.25) is 4.79 Å². The summed E-state index contributed by atoms with van der Waals surface area (Å²) in [6.45, 7) is 1.27. The highest BCUT2D eigenvalue weighted by atomic mass is 16.5. The number of aromatic hydroxyl groups is 1. The second kappa shape index (κ2) is 9.93. The van der Waals surface area contributed by atoms with Crippen LogP contribution in [0.3, 0.4) is 0 Å². The molecule has 1 aliphatic heterocycles. The molecule has 1 saturated heterocycles. The van der Waals surface area contributed by atoms with Crippen molar-refractivity contribution in [2.45, 2.75) is 31.4 Å². The predicted octanol–water partition coefficient (Wildman–Crippen LogP) is 2.46. The Kier molecular flexibility index (Phi) is 7.08. The first-order valence-corrected chi connectivity index (χ1v) is 9.56. The van der Waals surface area contributed by atoms with E-state index in [1.165, 1.54) is 19.2 Å². The average Bonchev–Trinajstić information content (AvgIpc) is 3.26. The SMILES string of the molecule is COC(=O)[C@H](Cc1ccc(O)cc1)NC(=O)c1ccc(OC[C@@H]2CCCO2)cc1. The summed E-state index contributed by atoms with van der Waals surface area (Å²) >= 11 is 0. The molecule has 0 unspecified atom stereocenters. The van der Waals surface area contributed by atoms with Crippen LogP contribution in [-0.2, 0) is 20.7 Å². The topological polar surface area (TPSA) is 94.1 Å². The van der Waals surface area contributed by atoms with Gasteiger partial charge in [0.25, 0.3) is 5.91 Å². The molecule has 154 valence electrons. The first-order chi connectivity index (χ1) is 14.0. The van der Waals surface area contributed by atoms with Crippen LogP contribution in [0.25, 0.3) is 0 Å². The minimum absolute atomic E-state index is 0.124. The van der Waals surface area contributed by atoms with Crippen LogP contribution in [0.5, 0.6) is 11.5 Å². The van der Waals surface area contributed by atoms with Gasteiger partial charge < -0.3 is 24.6 Å². The zero-order valence-electron chi connectivity index (χ0n) is 16.3. The number of hydrogen-bond acceptors (Lipinski definition) is 6. The third-order valence-electron chi connectivity index (χ3n) is 4.74. The summed E-state index contributed by atoms with van der Waals surface area (Å²) in [7, 11) is 1.28. The molecule has 2 aromatic rings. The Balaban J connectivity index is 1.59. The molecule has 1 heterocycles. The fraction of sp³-hybridized carbons (Fsp3) is 0.364. The third-order valence-corrected chi connectivity index (χ3v) is 4.74. The van der Waals surface area contributed by atoms with E-state index in [1.807, 2.05) is 0 Å². The van der Waals surface area contributed by atoms with Gasteiger partial charge in [-0.15, -0.1) is 0 Å². The number of amides is 1. The van der Waals surface area contributed by atoms with Crippen LogP contribution in [0.15, 0.2) is 48.5 Å². The van der Waals surface area contributed by atoms with Gasteiger partial charge in [-0.2, -0.15) is 0 Å². The molecule has 2 N–H and O–H groups in total. The summed E-state index contributed by atoms with van der Waals surface area (Å²) in [6, 6.07) is 12.3. The van der Waals surface area contributed by atoms with Gasteiger partial charge in [0.15, 0.2) is 0 Å². The van der Waals surface area contributed by atoms with Crippen LogP contribution in [0, 0.1) is 0 Å². The summed E-state index contributed by atoms with van der Waals surface area (Å²) in [4.78, 5) is 24.7. The lowest BCUT2D eigenvalue weighted by Gasteiger charge is -2.17. The van der Waals surface area contributed by atoms with Gasteiger partial charge in [-0.1, -0.05) is 12.1 Å². The molecule has 7 heteroatoms. The Labute approximate surface area is 169 Å². The number of nitrogens with one attached hydrogen (secondary N) is 1. The second-order valence-electron chi connectivity index (χ2n) is 6.89. The van der Waals surface area contributed by atoms with Crippen LogP contribution in [0.1, 0.15) is 28.8 Å². The Morgan fingerprint density at radius 1 is 1.17 bits per heavy atom. The lowest BCUT2D eigenvalue weighted by Crippen LogP contribution is -2.43. The van der Waals surface area contributed by atoms with Crippen molar-refractivity contribution in [3.63, 3.8) is 0 Å². The molecule has 2 aromatic carbocycles. The van der Waals surface area contributed by atoms with Crippen molar-refractivity contribution < 1.29 is 28.9 Å². The van der Waals surface area contributed by atoms with Crippen LogP contribution < -0.4 is 10.1 Å². The first kappa shape index (κ1) is 20.7. The van der Waals surface area contributed by atoms with Crippen LogP contribution in [0.4, 0.5) is 0 Å². The van der Waals surface area contributed by atoms with Gasteiger partial charge in [0.2, 0.25) is 0 Å². The summed E-state index contributed by atoms with van der Waals surface area (Å²) in [5.41, 5.74) is 1.20. The first-order valence-electron chi connectivity index (χ1n) is 9.56. The van der Waals surface area contributed by atoms with E-state index in [1.54, 1.807) is 36.4 Å². The molecule has 0 radical (unpaired) electrons. The number of hydrogen-bond donors (Lipinski definition) is 2. The van der Waals surface area contributed by atoms with Crippen molar-refractivity contribution in [2.75, 3.05) is 20.3 Å². The van der Waals surface area contributed by atoms with Gasteiger partial charge in [0.1, 0.15) is 24.1 Å². The van der Waals surface area contributed by atoms with E-state index in [0.29, 0.717) is 17.9 Å². The van der Waals surface area contributed by atoms with Crippen molar-refractivity contribution in [3.05, 3.63) is 59.7 Å². The van der Waals surface area contributed by atoms with Crippen molar-refractivity contribution >= 4 is 11.9 Å². The minimum atomic E-state index is -0.840. The van der Waals surface area contributed by atoms with Gasteiger partial charge >= 0.3 is 5.97 Å². The zero-order valence-corrected chi connectivity index (χ0v) is 16.3. The maximum atomic E-state index is 12.6. The summed E-state index contributed by atoms with van der Waals surface area (Å²) in [6.07, 6.45) is 2.43. The highest BCUT2D eigenvalue weighted by molar-refractivity contribution is 5.96. The van der Waals surface area contributed by atoms with Crippen molar-refractivity contribution in [3.8, 4) is 11.5 Å². The fourth-order valence-electron chi connectivity index (χ4n) is 3.11. The maximum Gasteiger partial charge on any atom is 0.328 e. The highest BCUT2D eigenvalue weighted by Gasteiger charge is 2.23. The number of phenols is 1. The molecule has 2 atom stereocenters. The van der Waals surface area contributed by atoms with Crippen molar-refractivity contribution in [2.24, 2.45) is 0 Å². The summed E-state index contributed by atoms with van der Waals surface area (Å²) < 4.78 is 16.0. The molecule has 7 nitrogen and oxygen atoms in total. The lowest BCUT2D eigenvalue weighted by molar-refractivity contribution is -0.142.